The van der Waals surface area contributed by atoms with Gasteiger partial charge < -0.3 is 20.4 Å². The highest BCUT2D eigenvalue weighted by molar-refractivity contribution is 5.49. The van der Waals surface area contributed by atoms with Crippen LogP contribution in [0.2, 0.25) is 0 Å². The number of rotatable bonds is 8. The van der Waals surface area contributed by atoms with Gasteiger partial charge >= 0.3 is 0 Å². The fourth-order valence-corrected chi connectivity index (χ4v) is 3.46. The van der Waals surface area contributed by atoms with E-state index in [1.165, 1.54) is 11.1 Å². The Kier molecular flexibility index (Phi) is 6.98. The van der Waals surface area contributed by atoms with Crippen LogP contribution in [0.25, 0.3) is 0 Å². The summed E-state index contributed by atoms with van der Waals surface area (Å²) in [6.45, 7) is 6.32. The average molecular weight is 371 g/mol. The number of hydrogen-bond donors (Lipinski definition) is 3. The predicted octanol–water partition coefficient (Wildman–Crippen LogP) is 1.26. The van der Waals surface area contributed by atoms with Gasteiger partial charge in [-0.2, -0.15) is 0 Å². The topological polar surface area (TPSA) is 84.8 Å². The highest BCUT2D eigenvalue weighted by Crippen LogP contribution is 2.22. The number of nitrogens with one attached hydrogen (secondary N) is 1. The molecule has 1 aliphatic heterocycles. The SMILES string of the molecule is Cc1ccc(CN2CCN(c3cc(NCCO)ncn3)C[C@H]2CCO)cc1. The van der Waals surface area contributed by atoms with Gasteiger partial charge in [0, 0.05) is 51.4 Å². The summed E-state index contributed by atoms with van der Waals surface area (Å²) in [4.78, 5) is 13.3. The Morgan fingerprint density at radius 1 is 1.11 bits per heavy atom. The van der Waals surface area contributed by atoms with Crippen molar-refractivity contribution in [3.63, 3.8) is 0 Å². The number of piperazine rings is 1. The van der Waals surface area contributed by atoms with Crippen molar-refractivity contribution in [2.45, 2.75) is 25.9 Å². The Labute approximate surface area is 160 Å². The van der Waals surface area contributed by atoms with E-state index in [-0.39, 0.29) is 19.3 Å². The van der Waals surface area contributed by atoms with Gasteiger partial charge in [0.2, 0.25) is 0 Å². The summed E-state index contributed by atoms with van der Waals surface area (Å²) >= 11 is 0. The van der Waals surface area contributed by atoms with E-state index in [1.807, 2.05) is 6.07 Å². The molecule has 3 N–H and O–H groups in total. The third-order valence-corrected chi connectivity index (χ3v) is 4.97. The van der Waals surface area contributed by atoms with Gasteiger partial charge in [0.15, 0.2) is 0 Å². The van der Waals surface area contributed by atoms with Crippen LogP contribution < -0.4 is 10.2 Å². The lowest BCUT2D eigenvalue weighted by Crippen LogP contribution is -2.53. The van der Waals surface area contributed by atoms with Crippen LogP contribution in [0.3, 0.4) is 0 Å². The molecular formula is C20H29N5O2. The average Bonchev–Trinajstić information content (AvgIpc) is 2.70. The minimum absolute atomic E-state index is 0.0651. The second-order valence-corrected chi connectivity index (χ2v) is 6.98. The van der Waals surface area contributed by atoms with Crippen LogP contribution in [-0.4, -0.2) is 70.5 Å². The Bertz CT molecular complexity index is 710. The standard InChI is InChI=1S/C20H29N5O2/c1-16-2-4-17(5-3-16)13-24-8-9-25(14-18(24)6-10-26)20-12-19(21-7-11-27)22-15-23-20/h2-5,12,15,18,26-27H,6-11,13-14H2,1H3,(H,21,22,23)/t18-/m1/s1. The Morgan fingerprint density at radius 2 is 1.93 bits per heavy atom. The minimum atomic E-state index is 0.0651. The van der Waals surface area contributed by atoms with Gasteiger partial charge in [-0.1, -0.05) is 29.8 Å². The van der Waals surface area contributed by atoms with Crippen molar-refractivity contribution < 1.29 is 10.2 Å². The zero-order valence-electron chi connectivity index (χ0n) is 15.9. The molecule has 0 bridgehead atoms. The second-order valence-electron chi connectivity index (χ2n) is 6.98. The number of anilines is 2. The molecule has 0 spiro atoms. The Morgan fingerprint density at radius 3 is 2.67 bits per heavy atom. The molecule has 27 heavy (non-hydrogen) atoms. The first-order valence-corrected chi connectivity index (χ1v) is 9.52. The number of aliphatic hydroxyl groups excluding tert-OH is 2. The molecular weight excluding hydrogens is 342 g/mol. The minimum Gasteiger partial charge on any atom is -0.396 e. The normalized spacial score (nSPS) is 17.9. The number of benzene rings is 1. The molecule has 7 heteroatoms. The van der Waals surface area contributed by atoms with Gasteiger partial charge in [0.1, 0.15) is 18.0 Å². The predicted molar refractivity (Wildman–Crippen MR) is 107 cm³/mol. The van der Waals surface area contributed by atoms with Crippen LogP contribution in [0.4, 0.5) is 11.6 Å². The molecule has 2 aromatic rings. The maximum absolute atomic E-state index is 9.53. The van der Waals surface area contributed by atoms with Crippen molar-refractivity contribution in [3.05, 3.63) is 47.8 Å². The van der Waals surface area contributed by atoms with Gasteiger partial charge in [-0.3, -0.25) is 4.90 Å². The molecule has 1 saturated heterocycles. The van der Waals surface area contributed by atoms with E-state index >= 15 is 0 Å². The quantitative estimate of drug-likeness (QED) is 0.644. The molecule has 1 aromatic carbocycles. The molecule has 1 fully saturated rings. The molecule has 3 rings (SSSR count). The maximum atomic E-state index is 9.53. The molecule has 0 unspecified atom stereocenters. The van der Waals surface area contributed by atoms with Crippen LogP contribution in [0.15, 0.2) is 36.7 Å². The van der Waals surface area contributed by atoms with E-state index in [0.29, 0.717) is 6.54 Å². The van der Waals surface area contributed by atoms with Crippen molar-refractivity contribution >= 4 is 11.6 Å². The van der Waals surface area contributed by atoms with Crippen LogP contribution in [0, 0.1) is 6.92 Å². The van der Waals surface area contributed by atoms with E-state index in [2.05, 4.69) is 56.3 Å². The van der Waals surface area contributed by atoms with Crippen molar-refractivity contribution in [1.82, 2.24) is 14.9 Å². The van der Waals surface area contributed by atoms with Gasteiger partial charge in [-0.05, 0) is 18.9 Å². The number of aryl methyl sites for hydroxylation is 1. The zero-order chi connectivity index (χ0) is 19.1. The summed E-state index contributed by atoms with van der Waals surface area (Å²) < 4.78 is 0. The smallest absolute Gasteiger partial charge is 0.134 e. The van der Waals surface area contributed by atoms with Gasteiger partial charge in [0.05, 0.1) is 6.61 Å². The van der Waals surface area contributed by atoms with Crippen LogP contribution in [-0.2, 0) is 6.54 Å². The van der Waals surface area contributed by atoms with E-state index in [1.54, 1.807) is 6.33 Å². The van der Waals surface area contributed by atoms with Crippen LogP contribution in [0.5, 0.6) is 0 Å². The molecule has 0 saturated carbocycles. The first-order chi connectivity index (χ1) is 13.2. The fourth-order valence-electron chi connectivity index (χ4n) is 3.46. The fraction of sp³-hybridized carbons (Fsp3) is 0.500. The molecule has 0 aliphatic carbocycles. The lowest BCUT2D eigenvalue weighted by Gasteiger charge is -2.42. The summed E-state index contributed by atoms with van der Waals surface area (Å²) in [5.41, 5.74) is 2.57. The third kappa shape index (κ3) is 5.38. The first kappa shape index (κ1) is 19.5. The summed E-state index contributed by atoms with van der Waals surface area (Å²) in [5, 5.41) is 21.6. The largest absolute Gasteiger partial charge is 0.396 e. The molecule has 2 heterocycles. The Hall–Kier alpha value is -2.22. The summed E-state index contributed by atoms with van der Waals surface area (Å²) in [5.74, 6) is 1.60. The van der Waals surface area contributed by atoms with Crippen molar-refractivity contribution in [3.8, 4) is 0 Å². The molecule has 0 radical (unpaired) electrons. The molecule has 1 aromatic heterocycles. The highest BCUT2D eigenvalue weighted by Gasteiger charge is 2.27. The van der Waals surface area contributed by atoms with E-state index < -0.39 is 0 Å². The van der Waals surface area contributed by atoms with Gasteiger partial charge in [-0.15, -0.1) is 0 Å². The summed E-state index contributed by atoms with van der Waals surface area (Å²) in [6.07, 6.45) is 2.29. The summed E-state index contributed by atoms with van der Waals surface area (Å²) in [7, 11) is 0. The number of aliphatic hydroxyl groups is 2. The lowest BCUT2D eigenvalue weighted by molar-refractivity contribution is 0.135. The number of aromatic nitrogens is 2. The summed E-state index contributed by atoms with van der Waals surface area (Å²) in [6, 6.07) is 10.8. The molecule has 7 nitrogen and oxygen atoms in total. The monoisotopic (exact) mass is 371 g/mol. The highest BCUT2D eigenvalue weighted by atomic mass is 16.3. The maximum Gasteiger partial charge on any atom is 0.134 e. The van der Waals surface area contributed by atoms with E-state index in [0.717, 1.165) is 44.2 Å². The first-order valence-electron chi connectivity index (χ1n) is 9.52. The molecule has 1 atom stereocenters. The van der Waals surface area contributed by atoms with Crippen LogP contribution in [0.1, 0.15) is 17.5 Å². The molecule has 0 amide bonds. The van der Waals surface area contributed by atoms with Crippen molar-refractivity contribution in [2.24, 2.45) is 0 Å². The molecule has 1 aliphatic rings. The van der Waals surface area contributed by atoms with E-state index in [4.69, 9.17) is 5.11 Å². The lowest BCUT2D eigenvalue weighted by atomic mass is 10.1. The second kappa shape index (κ2) is 9.64. The third-order valence-electron chi connectivity index (χ3n) is 4.97. The molecule has 146 valence electrons. The number of hydrogen-bond acceptors (Lipinski definition) is 7. The van der Waals surface area contributed by atoms with Crippen molar-refractivity contribution in [2.75, 3.05) is 49.6 Å². The van der Waals surface area contributed by atoms with Gasteiger partial charge in [0.25, 0.3) is 0 Å². The van der Waals surface area contributed by atoms with E-state index in [9.17, 15) is 5.11 Å². The number of nitrogens with zero attached hydrogens (tertiary/aromatic N) is 4. The Balaban J connectivity index is 1.67. The van der Waals surface area contributed by atoms with Gasteiger partial charge in [-0.25, -0.2) is 9.97 Å². The zero-order valence-corrected chi connectivity index (χ0v) is 15.9. The van der Waals surface area contributed by atoms with Crippen LogP contribution >= 0.6 is 0 Å². The van der Waals surface area contributed by atoms with Crippen molar-refractivity contribution in [1.29, 1.82) is 0 Å².